The topological polar surface area (TPSA) is 64.2 Å². The molecule has 2 aromatic heterocycles. The molecule has 0 radical (unpaired) electrons. The molecule has 1 aromatic carbocycles. The van der Waals surface area contributed by atoms with Gasteiger partial charge in [0.15, 0.2) is 11.5 Å². The Morgan fingerprint density at radius 2 is 2.07 bits per heavy atom. The first-order valence-electron chi connectivity index (χ1n) is 9.23. The molecule has 5 nitrogen and oxygen atoms in total. The van der Waals surface area contributed by atoms with E-state index in [-0.39, 0.29) is 5.56 Å². The second kappa shape index (κ2) is 7.56. The number of aromatic amines is 1. The second-order valence-corrected chi connectivity index (χ2v) is 7.60. The lowest BCUT2D eigenvalue weighted by Crippen LogP contribution is -2.11. The fourth-order valence-electron chi connectivity index (χ4n) is 3.50. The van der Waals surface area contributed by atoms with Crippen LogP contribution >= 0.6 is 11.3 Å². The van der Waals surface area contributed by atoms with E-state index in [1.807, 2.05) is 37.3 Å². The number of benzene rings is 1. The number of fused-ring (bicyclic) bond motifs is 3. The van der Waals surface area contributed by atoms with Crippen molar-refractivity contribution < 1.29 is 9.47 Å². The van der Waals surface area contributed by atoms with Crippen LogP contribution in [0.2, 0.25) is 0 Å². The Morgan fingerprint density at radius 1 is 1.22 bits per heavy atom. The van der Waals surface area contributed by atoms with Crippen molar-refractivity contribution in [2.75, 3.05) is 13.7 Å². The molecule has 27 heavy (non-hydrogen) atoms. The summed E-state index contributed by atoms with van der Waals surface area (Å²) in [6.07, 6.45) is 8.15. The number of thiophene rings is 1. The minimum atomic E-state index is -0.0382. The van der Waals surface area contributed by atoms with Crippen molar-refractivity contribution in [1.29, 1.82) is 0 Å². The number of ether oxygens (including phenoxy) is 2. The summed E-state index contributed by atoms with van der Waals surface area (Å²) in [4.78, 5) is 22.4. The zero-order valence-corrected chi connectivity index (χ0v) is 16.3. The molecule has 0 saturated carbocycles. The van der Waals surface area contributed by atoms with E-state index in [9.17, 15) is 4.79 Å². The number of H-pyrrole nitrogens is 1. The summed E-state index contributed by atoms with van der Waals surface area (Å²) in [6.45, 7) is 2.50. The van der Waals surface area contributed by atoms with Crippen LogP contribution in [0.3, 0.4) is 0 Å². The number of aryl methyl sites for hydroxylation is 2. The Bertz CT molecular complexity index is 1070. The standard InChI is InChI=1S/C21H22N2O3S/c1-3-26-16-12-13(8-10-15(16)25-2)9-11-18-22-20(24)19-14-6-4-5-7-17(14)27-21(19)23-18/h8-12H,3-7H2,1-2H3,(H,22,23,24). The van der Waals surface area contributed by atoms with Gasteiger partial charge in [-0.3, -0.25) is 4.79 Å². The van der Waals surface area contributed by atoms with Gasteiger partial charge in [0.2, 0.25) is 0 Å². The van der Waals surface area contributed by atoms with Crippen molar-refractivity contribution in [3.8, 4) is 11.5 Å². The van der Waals surface area contributed by atoms with E-state index >= 15 is 0 Å². The second-order valence-electron chi connectivity index (χ2n) is 6.52. The van der Waals surface area contributed by atoms with Gasteiger partial charge in [0.05, 0.1) is 19.1 Å². The van der Waals surface area contributed by atoms with Crippen molar-refractivity contribution in [3.05, 3.63) is 50.4 Å². The van der Waals surface area contributed by atoms with E-state index in [1.54, 1.807) is 18.4 Å². The number of aromatic nitrogens is 2. The summed E-state index contributed by atoms with van der Waals surface area (Å²) in [6, 6.07) is 5.73. The van der Waals surface area contributed by atoms with Crippen molar-refractivity contribution in [3.63, 3.8) is 0 Å². The van der Waals surface area contributed by atoms with Crippen molar-refractivity contribution in [1.82, 2.24) is 9.97 Å². The van der Waals surface area contributed by atoms with Crippen molar-refractivity contribution >= 4 is 33.7 Å². The van der Waals surface area contributed by atoms with Crippen LogP contribution in [0.15, 0.2) is 23.0 Å². The quantitative estimate of drug-likeness (QED) is 0.708. The molecule has 0 amide bonds. The molecule has 0 fully saturated rings. The van der Waals surface area contributed by atoms with E-state index in [4.69, 9.17) is 9.47 Å². The van der Waals surface area contributed by atoms with Crippen LogP contribution in [0.1, 0.15) is 41.6 Å². The summed E-state index contributed by atoms with van der Waals surface area (Å²) in [5, 5.41) is 0.787. The van der Waals surface area contributed by atoms with Crippen LogP contribution in [0.4, 0.5) is 0 Å². The molecular weight excluding hydrogens is 360 g/mol. The lowest BCUT2D eigenvalue weighted by Gasteiger charge is -2.09. The maximum Gasteiger partial charge on any atom is 0.260 e. The smallest absolute Gasteiger partial charge is 0.260 e. The van der Waals surface area contributed by atoms with Gasteiger partial charge >= 0.3 is 0 Å². The van der Waals surface area contributed by atoms with Crippen LogP contribution in [-0.4, -0.2) is 23.7 Å². The van der Waals surface area contributed by atoms with E-state index in [1.165, 1.54) is 16.9 Å². The maximum absolute atomic E-state index is 12.6. The number of methoxy groups -OCH3 is 1. The zero-order chi connectivity index (χ0) is 18.8. The van der Waals surface area contributed by atoms with E-state index < -0.39 is 0 Å². The van der Waals surface area contributed by atoms with Gasteiger partial charge < -0.3 is 14.5 Å². The van der Waals surface area contributed by atoms with E-state index in [0.29, 0.717) is 23.9 Å². The first-order valence-corrected chi connectivity index (χ1v) is 10.0. The van der Waals surface area contributed by atoms with Gasteiger partial charge in [-0.05, 0) is 61.9 Å². The highest BCUT2D eigenvalue weighted by molar-refractivity contribution is 7.18. The monoisotopic (exact) mass is 382 g/mol. The molecule has 0 aliphatic heterocycles. The molecule has 3 aromatic rings. The zero-order valence-electron chi connectivity index (χ0n) is 15.5. The number of hydrogen-bond acceptors (Lipinski definition) is 5. The van der Waals surface area contributed by atoms with E-state index in [2.05, 4.69) is 9.97 Å². The van der Waals surface area contributed by atoms with Crippen LogP contribution in [0, 0.1) is 0 Å². The number of nitrogens with one attached hydrogen (secondary N) is 1. The predicted octanol–water partition coefficient (Wildman–Crippen LogP) is 4.44. The third kappa shape index (κ3) is 3.49. The van der Waals surface area contributed by atoms with Gasteiger partial charge in [-0.2, -0.15) is 0 Å². The molecular formula is C21H22N2O3S. The fourth-order valence-corrected chi connectivity index (χ4v) is 4.77. The Morgan fingerprint density at radius 3 is 2.89 bits per heavy atom. The highest BCUT2D eigenvalue weighted by Crippen LogP contribution is 2.33. The molecule has 0 atom stereocenters. The van der Waals surface area contributed by atoms with Gasteiger partial charge in [0.25, 0.3) is 5.56 Å². The van der Waals surface area contributed by atoms with Crippen molar-refractivity contribution in [2.24, 2.45) is 0 Å². The third-order valence-electron chi connectivity index (χ3n) is 4.76. The average molecular weight is 382 g/mol. The van der Waals surface area contributed by atoms with Crippen LogP contribution < -0.4 is 15.0 Å². The summed E-state index contributed by atoms with van der Waals surface area (Å²) in [5.74, 6) is 1.97. The number of rotatable bonds is 5. The molecule has 6 heteroatoms. The Labute approximate surface area is 161 Å². The largest absolute Gasteiger partial charge is 0.493 e. The first-order chi connectivity index (χ1) is 13.2. The normalized spacial score (nSPS) is 13.9. The van der Waals surface area contributed by atoms with Gasteiger partial charge in [-0.25, -0.2) is 4.98 Å². The van der Waals surface area contributed by atoms with Crippen LogP contribution in [0.5, 0.6) is 11.5 Å². The molecule has 0 saturated heterocycles. The molecule has 0 unspecified atom stereocenters. The minimum absolute atomic E-state index is 0.0382. The van der Waals surface area contributed by atoms with Gasteiger partial charge in [-0.15, -0.1) is 11.3 Å². The molecule has 0 bridgehead atoms. The minimum Gasteiger partial charge on any atom is -0.493 e. The SMILES string of the molecule is CCOc1cc(C=Cc2nc3sc4c(c3c(=O)[nH]2)CCCC4)ccc1OC. The highest BCUT2D eigenvalue weighted by atomic mass is 32.1. The summed E-state index contributed by atoms with van der Waals surface area (Å²) in [7, 11) is 1.62. The summed E-state index contributed by atoms with van der Waals surface area (Å²) in [5.41, 5.74) is 2.12. The molecule has 4 rings (SSSR count). The third-order valence-corrected chi connectivity index (χ3v) is 5.95. The Hall–Kier alpha value is -2.60. The van der Waals surface area contributed by atoms with Crippen molar-refractivity contribution in [2.45, 2.75) is 32.6 Å². The maximum atomic E-state index is 12.6. The lowest BCUT2D eigenvalue weighted by molar-refractivity contribution is 0.311. The summed E-state index contributed by atoms with van der Waals surface area (Å²) >= 11 is 1.66. The van der Waals surface area contributed by atoms with Crippen LogP contribution in [0.25, 0.3) is 22.4 Å². The Kier molecular flexibility index (Phi) is 4.99. The van der Waals surface area contributed by atoms with Crippen LogP contribution in [-0.2, 0) is 12.8 Å². The lowest BCUT2D eigenvalue weighted by atomic mass is 9.97. The molecule has 1 aliphatic rings. The molecule has 0 spiro atoms. The predicted molar refractivity (Wildman–Crippen MR) is 110 cm³/mol. The van der Waals surface area contributed by atoms with E-state index in [0.717, 1.165) is 35.0 Å². The molecule has 1 aliphatic carbocycles. The fraction of sp³-hybridized carbons (Fsp3) is 0.333. The molecule has 1 N–H and O–H groups in total. The number of nitrogens with zero attached hydrogens (tertiary/aromatic N) is 1. The Balaban J connectivity index is 1.67. The first kappa shape index (κ1) is 17.8. The van der Waals surface area contributed by atoms with Gasteiger partial charge in [0.1, 0.15) is 10.7 Å². The van der Waals surface area contributed by atoms with Gasteiger partial charge in [-0.1, -0.05) is 12.1 Å². The summed E-state index contributed by atoms with van der Waals surface area (Å²) < 4.78 is 10.9. The van der Waals surface area contributed by atoms with Gasteiger partial charge in [0, 0.05) is 4.88 Å². The number of hydrogen-bond donors (Lipinski definition) is 1. The highest BCUT2D eigenvalue weighted by Gasteiger charge is 2.19. The molecule has 140 valence electrons. The molecule has 2 heterocycles. The average Bonchev–Trinajstić information content (AvgIpc) is 3.05.